The maximum absolute atomic E-state index is 11.9. The van der Waals surface area contributed by atoms with Gasteiger partial charge in [-0.3, -0.25) is 14.9 Å². The average molecular weight is 395 g/mol. The summed E-state index contributed by atoms with van der Waals surface area (Å²) in [5.74, 6) is -0.609. The Morgan fingerprint density at radius 1 is 1.39 bits per heavy atom. The van der Waals surface area contributed by atoms with Gasteiger partial charge < -0.3 is 4.74 Å². The van der Waals surface area contributed by atoms with Gasteiger partial charge in [0.05, 0.1) is 18.7 Å². The molecule has 1 aromatic heterocycles. The molecule has 7 heteroatoms. The predicted octanol–water partition coefficient (Wildman–Crippen LogP) is 3.66. The zero-order valence-electron chi connectivity index (χ0n) is 12.4. The molecule has 1 N–H and O–H groups in total. The molecular formula is C16H15BrN2O3S. The standard InChI is InChI=1S/C16H15BrN2O3S/c1-2-22-15(21)9-12-10-23-16(18-12)19-14(20)8-7-11-5-3-4-6-13(11)17/h3-8,10H,2,9H2,1H3,(H,18,19,20)/b8-7+. The summed E-state index contributed by atoms with van der Waals surface area (Å²) in [6.07, 6.45) is 3.26. The second-order valence-electron chi connectivity index (χ2n) is 4.47. The monoisotopic (exact) mass is 394 g/mol. The van der Waals surface area contributed by atoms with E-state index in [1.54, 1.807) is 18.4 Å². The van der Waals surface area contributed by atoms with Gasteiger partial charge in [0, 0.05) is 15.9 Å². The van der Waals surface area contributed by atoms with E-state index >= 15 is 0 Å². The van der Waals surface area contributed by atoms with Crippen molar-refractivity contribution in [2.45, 2.75) is 13.3 Å². The molecule has 5 nitrogen and oxygen atoms in total. The topological polar surface area (TPSA) is 68.3 Å². The first kappa shape index (κ1) is 17.4. The van der Waals surface area contributed by atoms with Crippen molar-refractivity contribution in [1.29, 1.82) is 0 Å². The van der Waals surface area contributed by atoms with E-state index in [0.717, 1.165) is 10.0 Å². The first-order chi connectivity index (χ1) is 11.1. The summed E-state index contributed by atoms with van der Waals surface area (Å²) in [5.41, 5.74) is 1.49. The lowest BCUT2D eigenvalue weighted by molar-refractivity contribution is -0.142. The zero-order valence-corrected chi connectivity index (χ0v) is 14.8. The molecule has 0 radical (unpaired) electrons. The van der Waals surface area contributed by atoms with Crippen molar-refractivity contribution >= 4 is 50.4 Å². The minimum atomic E-state index is -0.329. The van der Waals surface area contributed by atoms with Crippen LogP contribution in [0.2, 0.25) is 0 Å². The third-order valence-electron chi connectivity index (χ3n) is 2.73. The number of nitrogens with zero attached hydrogens (tertiary/aromatic N) is 1. The maximum atomic E-state index is 11.9. The molecule has 1 aromatic carbocycles. The van der Waals surface area contributed by atoms with Crippen LogP contribution in [0.4, 0.5) is 5.13 Å². The number of esters is 1. The number of hydrogen-bond donors (Lipinski definition) is 1. The number of benzene rings is 1. The molecule has 2 aromatic rings. The molecule has 0 bridgehead atoms. The van der Waals surface area contributed by atoms with Gasteiger partial charge in [-0.2, -0.15) is 0 Å². The molecule has 120 valence electrons. The molecule has 0 aliphatic rings. The molecule has 0 aliphatic carbocycles. The van der Waals surface area contributed by atoms with Gasteiger partial charge >= 0.3 is 5.97 Å². The van der Waals surface area contributed by atoms with Gasteiger partial charge in [0.25, 0.3) is 0 Å². The van der Waals surface area contributed by atoms with Gasteiger partial charge in [-0.25, -0.2) is 4.98 Å². The highest BCUT2D eigenvalue weighted by molar-refractivity contribution is 9.10. The van der Waals surface area contributed by atoms with Crippen molar-refractivity contribution in [3.05, 3.63) is 51.5 Å². The number of carbonyl (C=O) groups excluding carboxylic acids is 2. The van der Waals surface area contributed by atoms with Crippen LogP contribution in [0.3, 0.4) is 0 Å². The van der Waals surface area contributed by atoms with E-state index in [9.17, 15) is 9.59 Å². The van der Waals surface area contributed by atoms with Crippen LogP contribution >= 0.6 is 27.3 Å². The van der Waals surface area contributed by atoms with Crippen molar-refractivity contribution < 1.29 is 14.3 Å². The lowest BCUT2D eigenvalue weighted by atomic mass is 10.2. The highest BCUT2D eigenvalue weighted by atomic mass is 79.9. The van der Waals surface area contributed by atoms with Crippen molar-refractivity contribution in [3.8, 4) is 0 Å². The summed E-state index contributed by atoms with van der Waals surface area (Å²) in [6, 6.07) is 7.60. The number of nitrogens with one attached hydrogen (secondary N) is 1. The van der Waals surface area contributed by atoms with Gasteiger partial charge in [-0.05, 0) is 24.6 Å². The second kappa shape index (κ2) is 8.59. The number of halogens is 1. The number of hydrogen-bond acceptors (Lipinski definition) is 5. The molecule has 2 rings (SSSR count). The fraction of sp³-hybridized carbons (Fsp3) is 0.188. The van der Waals surface area contributed by atoms with Crippen molar-refractivity contribution in [3.63, 3.8) is 0 Å². The predicted molar refractivity (Wildman–Crippen MR) is 94.3 cm³/mol. The van der Waals surface area contributed by atoms with Crippen molar-refractivity contribution in [2.75, 3.05) is 11.9 Å². The summed E-state index contributed by atoms with van der Waals surface area (Å²) in [7, 11) is 0. The molecule has 0 unspecified atom stereocenters. The van der Waals surface area contributed by atoms with E-state index in [1.807, 2.05) is 24.3 Å². The smallest absolute Gasteiger partial charge is 0.311 e. The van der Waals surface area contributed by atoms with Crippen molar-refractivity contribution in [2.24, 2.45) is 0 Å². The SMILES string of the molecule is CCOC(=O)Cc1csc(NC(=O)/C=C/c2ccccc2Br)n1. The largest absolute Gasteiger partial charge is 0.466 e. The van der Waals surface area contributed by atoms with Crippen LogP contribution in [0.15, 0.2) is 40.2 Å². The Bertz CT molecular complexity index is 728. The number of ether oxygens (including phenoxy) is 1. The van der Waals surface area contributed by atoms with E-state index in [4.69, 9.17) is 4.74 Å². The van der Waals surface area contributed by atoms with E-state index in [2.05, 4.69) is 26.2 Å². The molecule has 1 amide bonds. The highest BCUT2D eigenvalue weighted by Gasteiger charge is 2.09. The van der Waals surface area contributed by atoms with Gasteiger partial charge in [-0.1, -0.05) is 34.1 Å². The van der Waals surface area contributed by atoms with Crippen LogP contribution < -0.4 is 5.32 Å². The van der Waals surface area contributed by atoms with E-state index in [1.165, 1.54) is 17.4 Å². The number of anilines is 1. The first-order valence-corrected chi connectivity index (χ1v) is 8.59. The van der Waals surface area contributed by atoms with Gasteiger partial charge in [-0.15, -0.1) is 11.3 Å². The molecule has 23 heavy (non-hydrogen) atoms. The van der Waals surface area contributed by atoms with Crippen molar-refractivity contribution in [1.82, 2.24) is 4.98 Å². The number of carbonyl (C=O) groups is 2. The van der Waals surface area contributed by atoms with Crippen LogP contribution in [0.1, 0.15) is 18.2 Å². The normalized spacial score (nSPS) is 10.7. The van der Waals surface area contributed by atoms with Crippen LogP contribution in [0.25, 0.3) is 6.08 Å². The fourth-order valence-corrected chi connectivity index (χ4v) is 2.86. The van der Waals surface area contributed by atoms with Crippen LogP contribution in [0.5, 0.6) is 0 Å². The van der Waals surface area contributed by atoms with Crippen LogP contribution in [0, 0.1) is 0 Å². The Morgan fingerprint density at radius 3 is 2.91 bits per heavy atom. The van der Waals surface area contributed by atoms with E-state index in [0.29, 0.717) is 17.4 Å². The number of thiazole rings is 1. The lowest BCUT2D eigenvalue weighted by Crippen LogP contribution is -2.09. The Labute approximate surface area is 146 Å². The minimum Gasteiger partial charge on any atom is -0.466 e. The molecule has 0 spiro atoms. The number of amides is 1. The maximum Gasteiger partial charge on any atom is 0.311 e. The van der Waals surface area contributed by atoms with Gasteiger partial charge in [0.1, 0.15) is 0 Å². The quantitative estimate of drug-likeness (QED) is 0.599. The zero-order chi connectivity index (χ0) is 16.7. The Balaban J connectivity index is 1.92. The number of aromatic nitrogens is 1. The highest BCUT2D eigenvalue weighted by Crippen LogP contribution is 2.18. The van der Waals surface area contributed by atoms with E-state index in [-0.39, 0.29) is 18.3 Å². The second-order valence-corrected chi connectivity index (χ2v) is 6.18. The fourth-order valence-electron chi connectivity index (χ4n) is 1.73. The third-order valence-corrected chi connectivity index (χ3v) is 4.26. The summed E-state index contributed by atoms with van der Waals surface area (Å²) in [4.78, 5) is 27.5. The molecule has 1 heterocycles. The summed E-state index contributed by atoms with van der Waals surface area (Å²) in [6.45, 7) is 2.09. The van der Waals surface area contributed by atoms with Crippen LogP contribution in [-0.4, -0.2) is 23.5 Å². The molecule has 0 fully saturated rings. The molecule has 0 saturated carbocycles. The Kier molecular flexibility index (Phi) is 6.49. The van der Waals surface area contributed by atoms with Crippen LogP contribution in [-0.2, 0) is 20.7 Å². The van der Waals surface area contributed by atoms with E-state index < -0.39 is 0 Å². The average Bonchev–Trinajstić information content (AvgIpc) is 2.93. The lowest BCUT2D eigenvalue weighted by Gasteiger charge is -1.99. The third kappa shape index (κ3) is 5.61. The Hall–Kier alpha value is -1.99. The molecule has 0 aliphatic heterocycles. The summed E-state index contributed by atoms with van der Waals surface area (Å²) >= 11 is 4.68. The number of rotatable bonds is 6. The molecule has 0 saturated heterocycles. The Morgan fingerprint density at radius 2 is 2.17 bits per heavy atom. The summed E-state index contributed by atoms with van der Waals surface area (Å²) < 4.78 is 5.77. The van der Waals surface area contributed by atoms with Gasteiger partial charge in [0.15, 0.2) is 5.13 Å². The molecule has 0 atom stereocenters. The first-order valence-electron chi connectivity index (χ1n) is 6.92. The van der Waals surface area contributed by atoms with Gasteiger partial charge in [0.2, 0.25) is 5.91 Å². The summed E-state index contributed by atoms with van der Waals surface area (Å²) in [5, 5.41) is 4.85. The molecular weight excluding hydrogens is 380 g/mol. The minimum absolute atomic E-state index is 0.104.